The number of benzene rings is 1. The summed E-state index contributed by atoms with van der Waals surface area (Å²) in [6, 6.07) is 8.28. The van der Waals surface area contributed by atoms with Crippen molar-refractivity contribution in [3.8, 4) is 5.75 Å². The lowest BCUT2D eigenvalue weighted by atomic mass is 9.89. The van der Waals surface area contributed by atoms with Gasteiger partial charge in [-0.2, -0.15) is 0 Å². The molecule has 4 nitrogen and oxygen atoms in total. The zero-order valence-corrected chi connectivity index (χ0v) is 15.1. The largest absolute Gasteiger partial charge is 0.485 e. The van der Waals surface area contributed by atoms with E-state index in [1.165, 1.54) is 5.19 Å². The lowest BCUT2D eigenvalue weighted by Crippen LogP contribution is -2.49. The Bertz CT molecular complexity index is 419. The summed E-state index contributed by atoms with van der Waals surface area (Å²) in [5.41, 5.74) is -1.50. The highest BCUT2D eigenvalue weighted by molar-refractivity contribution is 6.88. The van der Waals surface area contributed by atoms with E-state index in [0.717, 1.165) is 5.75 Å². The Kier molecular flexibility index (Phi) is 7.16. The summed E-state index contributed by atoms with van der Waals surface area (Å²) in [5.74, 6) is 0.809. The SMILES string of the molecule is CC(C)(O)C(C)(C)Oc1ccc([Si](C)(C)C)cc1.O[B]O. The second-order valence-electron chi connectivity index (χ2n) is 7.06. The van der Waals surface area contributed by atoms with Crippen molar-refractivity contribution in [2.75, 3.05) is 0 Å². The van der Waals surface area contributed by atoms with Crippen LogP contribution >= 0.6 is 0 Å². The van der Waals surface area contributed by atoms with Gasteiger partial charge >= 0.3 is 7.69 Å². The second-order valence-corrected chi connectivity index (χ2v) is 12.1. The van der Waals surface area contributed by atoms with Crippen molar-refractivity contribution in [2.24, 2.45) is 0 Å². The molecule has 1 aromatic rings. The van der Waals surface area contributed by atoms with Gasteiger partial charge in [0.05, 0.1) is 13.7 Å². The van der Waals surface area contributed by atoms with Gasteiger partial charge in [0.1, 0.15) is 11.4 Å². The molecule has 1 rings (SSSR count). The minimum absolute atomic E-state index is 0. The van der Waals surface area contributed by atoms with E-state index in [9.17, 15) is 5.11 Å². The normalized spacial score (nSPS) is 12.3. The first-order valence-electron chi connectivity index (χ1n) is 6.97. The smallest absolute Gasteiger partial charge is 0.482 e. The van der Waals surface area contributed by atoms with E-state index >= 15 is 0 Å². The first-order chi connectivity index (χ1) is 9.35. The van der Waals surface area contributed by atoms with E-state index in [1.807, 2.05) is 26.0 Å². The fourth-order valence-corrected chi connectivity index (χ4v) is 2.61. The minimum Gasteiger partial charge on any atom is -0.485 e. The Labute approximate surface area is 130 Å². The van der Waals surface area contributed by atoms with Crippen molar-refractivity contribution in [1.82, 2.24) is 0 Å². The average Bonchev–Trinajstić information content (AvgIpc) is 2.27. The summed E-state index contributed by atoms with van der Waals surface area (Å²) in [5, 5.41) is 25.5. The molecule has 0 spiro atoms. The summed E-state index contributed by atoms with van der Waals surface area (Å²) in [6.07, 6.45) is 0. The van der Waals surface area contributed by atoms with Crippen LogP contribution in [0.4, 0.5) is 0 Å². The Morgan fingerprint density at radius 2 is 1.33 bits per heavy atom. The maximum Gasteiger partial charge on any atom is 0.482 e. The van der Waals surface area contributed by atoms with Crippen LogP contribution in [0.3, 0.4) is 0 Å². The molecule has 0 atom stereocenters. The molecule has 1 aromatic carbocycles. The van der Waals surface area contributed by atoms with E-state index in [0.29, 0.717) is 0 Å². The van der Waals surface area contributed by atoms with Gasteiger partial charge < -0.3 is 19.9 Å². The predicted octanol–water partition coefficient (Wildman–Crippen LogP) is 1.67. The molecule has 0 amide bonds. The maximum absolute atomic E-state index is 10.1. The van der Waals surface area contributed by atoms with Gasteiger partial charge in [0.2, 0.25) is 0 Å². The molecule has 3 N–H and O–H groups in total. The van der Waals surface area contributed by atoms with Gasteiger partial charge in [-0.05, 0) is 39.8 Å². The number of hydrogen-bond donors (Lipinski definition) is 3. The molecular weight excluding hydrogens is 283 g/mol. The van der Waals surface area contributed by atoms with Crippen LogP contribution in [0.15, 0.2) is 24.3 Å². The lowest BCUT2D eigenvalue weighted by molar-refractivity contribution is -0.0906. The van der Waals surface area contributed by atoms with E-state index in [2.05, 4.69) is 31.8 Å². The molecule has 0 heterocycles. The van der Waals surface area contributed by atoms with E-state index < -0.39 is 19.3 Å². The van der Waals surface area contributed by atoms with Crippen LogP contribution in [0.1, 0.15) is 27.7 Å². The Morgan fingerprint density at radius 3 is 1.62 bits per heavy atom. The van der Waals surface area contributed by atoms with E-state index in [1.54, 1.807) is 13.8 Å². The highest BCUT2D eigenvalue weighted by atomic mass is 28.3. The Balaban J connectivity index is 0.00000122. The van der Waals surface area contributed by atoms with Gasteiger partial charge in [-0.25, -0.2) is 0 Å². The van der Waals surface area contributed by atoms with Crippen molar-refractivity contribution in [3.63, 3.8) is 0 Å². The third-order valence-corrected chi connectivity index (χ3v) is 5.63. The molecule has 0 unspecified atom stereocenters. The van der Waals surface area contributed by atoms with Gasteiger partial charge in [0.15, 0.2) is 0 Å². The van der Waals surface area contributed by atoms with Crippen molar-refractivity contribution < 1.29 is 19.9 Å². The minimum atomic E-state index is -1.26. The molecule has 21 heavy (non-hydrogen) atoms. The molecule has 0 saturated carbocycles. The van der Waals surface area contributed by atoms with Crippen molar-refractivity contribution in [2.45, 2.75) is 58.5 Å². The number of ether oxygens (including phenoxy) is 1. The van der Waals surface area contributed by atoms with Crippen LogP contribution in [-0.4, -0.2) is 42.1 Å². The number of aliphatic hydroxyl groups is 1. The average molecular weight is 311 g/mol. The predicted molar refractivity (Wildman–Crippen MR) is 90.6 cm³/mol. The van der Waals surface area contributed by atoms with E-state index in [-0.39, 0.29) is 7.69 Å². The van der Waals surface area contributed by atoms with Crippen molar-refractivity contribution in [1.29, 1.82) is 0 Å². The van der Waals surface area contributed by atoms with Crippen molar-refractivity contribution >= 4 is 20.9 Å². The quantitative estimate of drug-likeness (QED) is 0.740. The van der Waals surface area contributed by atoms with Crippen LogP contribution < -0.4 is 9.92 Å². The first-order valence-corrected chi connectivity index (χ1v) is 10.5. The standard InChI is InChI=1S/C15H26O2Si.BH2O2/c1-14(2,16)15(3,4)17-12-8-10-13(11-9-12)18(5,6)7;2-1-3/h8-11,16H,1-7H3;2-3H. The van der Waals surface area contributed by atoms with Crippen molar-refractivity contribution in [3.05, 3.63) is 24.3 Å². The molecular formula is C15H28BO4Si. The molecule has 0 aromatic heterocycles. The van der Waals surface area contributed by atoms with Crippen LogP contribution in [0.25, 0.3) is 0 Å². The molecule has 1 radical (unpaired) electrons. The Morgan fingerprint density at radius 1 is 0.952 bits per heavy atom. The molecule has 6 heteroatoms. The third-order valence-electron chi connectivity index (χ3n) is 3.57. The fraction of sp³-hybridized carbons (Fsp3) is 0.600. The topological polar surface area (TPSA) is 69.9 Å². The van der Waals surface area contributed by atoms with Gasteiger partial charge in [-0.15, -0.1) is 0 Å². The van der Waals surface area contributed by atoms with E-state index in [4.69, 9.17) is 14.8 Å². The maximum atomic E-state index is 10.1. The summed E-state index contributed by atoms with van der Waals surface area (Å²) in [7, 11) is -1.26. The van der Waals surface area contributed by atoms with Gasteiger partial charge in [0.25, 0.3) is 0 Å². The summed E-state index contributed by atoms with van der Waals surface area (Å²) in [4.78, 5) is 0. The van der Waals surface area contributed by atoms with Crippen LogP contribution in [0.2, 0.25) is 19.6 Å². The van der Waals surface area contributed by atoms with Gasteiger partial charge in [-0.1, -0.05) is 37.0 Å². The summed E-state index contributed by atoms with van der Waals surface area (Å²) >= 11 is 0. The van der Waals surface area contributed by atoms with Gasteiger partial charge in [-0.3, -0.25) is 0 Å². The first kappa shape index (κ1) is 20.2. The molecule has 0 bridgehead atoms. The van der Waals surface area contributed by atoms with Crippen LogP contribution in [0, 0.1) is 0 Å². The zero-order valence-electron chi connectivity index (χ0n) is 14.1. The van der Waals surface area contributed by atoms with Crippen LogP contribution in [-0.2, 0) is 0 Å². The summed E-state index contributed by atoms with van der Waals surface area (Å²) in [6.45, 7) is 14.3. The zero-order chi connectivity index (χ0) is 16.9. The monoisotopic (exact) mass is 311 g/mol. The highest BCUT2D eigenvalue weighted by Crippen LogP contribution is 2.27. The third kappa shape index (κ3) is 6.65. The second kappa shape index (κ2) is 7.45. The lowest BCUT2D eigenvalue weighted by Gasteiger charge is -2.37. The molecule has 0 fully saturated rings. The molecule has 0 aliphatic carbocycles. The molecule has 0 aliphatic heterocycles. The molecule has 0 aliphatic rings. The summed E-state index contributed by atoms with van der Waals surface area (Å²) < 4.78 is 5.90. The van der Waals surface area contributed by atoms with Gasteiger partial charge in [0, 0.05) is 0 Å². The molecule has 0 saturated heterocycles. The number of rotatable bonds is 4. The molecule has 119 valence electrons. The Hall–Kier alpha value is -0.818. The van der Waals surface area contributed by atoms with Crippen LogP contribution in [0.5, 0.6) is 5.75 Å². The number of hydrogen-bond acceptors (Lipinski definition) is 4. The fourth-order valence-electron chi connectivity index (χ4n) is 1.44. The highest BCUT2D eigenvalue weighted by Gasteiger charge is 2.37.